The Labute approximate surface area is 120 Å². The Morgan fingerprint density at radius 1 is 1.30 bits per heavy atom. The van der Waals surface area contributed by atoms with Crippen LogP contribution in [-0.4, -0.2) is 30.4 Å². The van der Waals surface area contributed by atoms with E-state index in [4.69, 9.17) is 5.21 Å². The van der Waals surface area contributed by atoms with Crippen molar-refractivity contribution in [1.29, 1.82) is 0 Å². The Morgan fingerprint density at radius 2 is 2.00 bits per heavy atom. The summed E-state index contributed by atoms with van der Waals surface area (Å²) >= 11 is 0. The van der Waals surface area contributed by atoms with Crippen molar-refractivity contribution >= 4 is 6.21 Å². The molecule has 0 spiro atoms. The van der Waals surface area contributed by atoms with E-state index in [0.29, 0.717) is 11.8 Å². The second-order valence-corrected chi connectivity index (χ2v) is 5.90. The van der Waals surface area contributed by atoms with Gasteiger partial charge < -0.3 is 10.1 Å². The molecule has 1 unspecified atom stereocenters. The van der Waals surface area contributed by atoms with Gasteiger partial charge in [0, 0.05) is 12.3 Å². The molecule has 2 rings (SSSR count). The van der Waals surface area contributed by atoms with Crippen molar-refractivity contribution in [2.24, 2.45) is 17.0 Å². The summed E-state index contributed by atoms with van der Waals surface area (Å²) in [7, 11) is 4.10. The first kappa shape index (κ1) is 15.0. The molecule has 3 nitrogen and oxygen atoms in total. The van der Waals surface area contributed by atoms with Crippen LogP contribution < -0.4 is 0 Å². The van der Waals surface area contributed by atoms with Crippen molar-refractivity contribution in [3.63, 3.8) is 0 Å². The van der Waals surface area contributed by atoms with E-state index in [-0.39, 0.29) is 11.9 Å². The number of benzene rings is 1. The average molecular weight is 278 g/mol. The van der Waals surface area contributed by atoms with Gasteiger partial charge in [-0.1, -0.05) is 12.1 Å². The van der Waals surface area contributed by atoms with Gasteiger partial charge in [0.25, 0.3) is 0 Å². The molecular weight excluding hydrogens is 255 g/mol. The van der Waals surface area contributed by atoms with Crippen LogP contribution in [-0.2, 0) is 0 Å². The number of rotatable bonds is 4. The maximum Gasteiger partial charge on any atom is 0.123 e. The van der Waals surface area contributed by atoms with Gasteiger partial charge in [0.05, 0.1) is 0 Å². The van der Waals surface area contributed by atoms with Crippen LogP contribution in [0.25, 0.3) is 0 Å². The zero-order chi connectivity index (χ0) is 14.5. The van der Waals surface area contributed by atoms with E-state index in [1.54, 1.807) is 18.3 Å². The number of oxime groups is 1. The van der Waals surface area contributed by atoms with E-state index in [1.807, 2.05) is 6.07 Å². The highest BCUT2D eigenvalue weighted by atomic mass is 19.1. The van der Waals surface area contributed by atoms with Crippen molar-refractivity contribution in [2.75, 3.05) is 14.1 Å². The first-order valence-corrected chi connectivity index (χ1v) is 7.21. The molecule has 0 aliphatic heterocycles. The first-order valence-electron chi connectivity index (χ1n) is 7.21. The molecule has 1 atom stereocenters. The lowest BCUT2D eigenvalue weighted by Gasteiger charge is -2.36. The predicted molar refractivity (Wildman–Crippen MR) is 78.6 cm³/mol. The summed E-state index contributed by atoms with van der Waals surface area (Å²) in [5.74, 6) is 0.733. The van der Waals surface area contributed by atoms with Crippen LogP contribution >= 0.6 is 0 Å². The van der Waals surface area contributed by atoms with Crippen LogP contribution in [0.5, 0.6) is 0 Å². The van der Waals surface area contributed by atoms with E-state index >= 15 is 0 Å². The van der Waals surface area contributed by atoms with E-state index in [0.717, 1.165) is 31.2 Å². The standard InChI is InChI=1S/C16H23FN2O/c1-19(2)16(14-4-3-5-15(17)10-14)13-8-6-12(7-9-13)11-18-20/h3-5,10-13,16,20H,6-9H2,1-2H3/b18-11+. The van der Waals surface area contributed by atoms with Gasteiger partial charge in [0.15, 0.2) is 0 Å². The molecule has 1 saturated carbocycles. The van der Waals surface area contributed by atoms with Crippen molar-refractivity contribution in [3.8, 4) is 0 Å². The van der Waals surface area contributed by atoms with Crippen LogP contribution in [0.3, 0.4) is 0 Å². The highest BCUT2D eigenvalue weighted by Crippen LogP contribution is 2.38. The van der Waals surface area contributed by atoms with Crippen LogP contribution in [0.2, 0.25) is 0 Å². The molecule has 1 N–H and O–H groups in total. The van der Waals surface area contributed by atoms with Gasteiger partial charge in [-0.2, -0.15) is 0 Å². The monoisotopic (exact) mass is 278 g/mol. The first-order chi connectivity index (χ1) is 9.61. The summed E-state index contributed by atoms with van der Waals surface area (Å²) in [4.78, 5) is 2.18. The smallest absolute Gasteiger partial charge is 0.123 e. The normalized spacial score (nSPS) is 25.2. The van der Waals surface area contributed by atoms with E-state index in [1.165, 1.54) is 6.07 Å². The molecule has 0 amide bonds. The fourth-order valence-electron chi connectivity index (χ4n) is 3.39. The Kier molecular flexibility index (Phi) is 5.12. The number of nitrogens with zero attached hydrogens (tertiary/aromatic N) is 2. The SMILES string of the molecule is CN(C)C(c1cccc(F)c1)C1CCC(/C=N/O)CC1. The maximum absolute atomic E-state index is 13.5. The quantitative estimate of drug-likeness (QED) is 0.518. The molecule has 110 valence electrons. The Hall–Kier alpha value is -1.42. The van der Waals surface area contributed by atoms with Crippen molar-refractivity contribution < 1.29 is 9.60 Å². The van der Waals surface area contributed by atoms with Crippen LogP contribution in [0.4, 0.5) is 4.39 Å². The Morgan fingerprint density at radius 3 is 2.55 bits per heavy atom. The maximum atomic E-state index is 13.5. The summed E-state index contributed by atoms with van der Waals surface area (Å²) in [6.07, 6.45) is 5.87. The predicted octanol–water partition coefficient (Wildman–Crippen LogP) is 3.69. The minimum atomic E-state index is -0.171. The van der Waals surface area contributed by atoms with E-state index in [9.17, 15) is 4.39 Å². The largest absolute Gasteiger partial charge is 0.411 e. The lowest BCUT2D eigenvalue weighted by atomic mass is 9.76. The van der Waals surface area contributed by atoms with Crippen LogP contribution in [0, 0.1) is 17.7 Å². The summed E-state index contributed by atoms with van der Waals surface area (Å²) in [6, 6.07) is 7.18. The lowest BCUT2D eigenvalue weighted by Crippen LogP contribution is -2.30. The van der Waals surface area contributed by atoms with Crippen LogP contribution in [0.1, 0.15) is 37.3 Å². The highest BCUT2D eigenvalue weighted by molar-refractivity contribution is 5.59. The molecule has 0 saturated heterocycles. The fraction of sp³-hybridized carbons (Fsp3) is 0.562. The zero-order valence-corrected chi connectivity index (χ0v) is 12.2. The Bertz CT molecular complexity index is 454. The zero-order valence-electron chi connectivity index (χ0n) is 12.2. The second kappa shape index (κ2) is 6.84. The molecule has 1 aliphatic rings. The molecule has 1 aromatic carbocycles. The molecule has 0 aromatic heterocycles. The summed E-state index contributed by atoms with van der Waals surface area (Å²) in [5.41, 5.74) is 1.05. The lowest BCUT2D eigenvalue weighted by molar-refractivity contribution is 0.162. The van der Waals surface area contributed by atoms with Gasteiger partial charge in [-0.05, 0) is 69.3 Å². The summed E-state index contributed by atoms with van der Waals surface area (Å²) in [5, 5.41) is 11.8. The molecule has 0 radical (unpaired) electrons. The molecule has 1 fully saturated rings. The molecule has 1 aromatic rings. The van der Waals surface area contributed by atoms with Gasteiger partial charge in [-0.15, -0.1) is 5.16 Å². The van der Waals surface area contributed by atoms with Crippen molar-refractivity contribution in [1.82, 2.24) is 4.90 Å². The van der Waals surface area contributed by atoms with Crippen molar-refractivity contribution in [3.05, 3.63) is 35.6 Å². The second-order valence-electron chi connectivity index (χ2n) is 5.90. The van der Waals surface area contributed by atoms with Crippen LogP contribution in [0.15, 0.2) is 29.4 Å². The van der Waals surface area contributed by atoms with Gasteiger partial charge in [-0.3, -0.25) is 0 Å². The van der Waals surface area contributed by atoms with Crippen molar-refractivity contribution in [2.45, 2.75) is 31.7 Å². The number of hydrogen-bond acceptors (Lipinski definition) is 3. The van der Waals surface area contributed by atoms with Gasteiger partial charge in [0.2, 0.25) is 0 Å². The highest BCUT2D eigenvalue weighted by Gasteiger charge is 2.29. The molecule has 0 heterocycles. The molecule has 4 heteroatoms. The molecule has 20 heavy (non-hydrogen) atoms. The van der Waals surface area contributed by atoms with Gasteiger partial charge in [-0.25, -0.2) is 4.39 Å². The third kappa shape index (κ3) is 3.57. The fourth-order valence-corrected chi connectivity index (χ4v) is 3.39. The molecule has 1 aliphatic carbocycles. The Balaban J connectivity index is 2.11. The average Bonchev–Trinajstić information content (AvgIpc) is 2.41. The van der Waals surface area contributed by atoms with Gasteiger partial charge >= 0.3 is 0 Å². The van der Waals surface area contributed by atoms with Gasteiger partial charge in [0.1, 0.15) is 5.82 Å². The minimum Gasteiger partial charge on any atom is -0.411 e. The van der Waals surface area contributed by atoms with E-state index in [2.05, 4.69) is 24.2 Å². The molecular formula is C16H23FN2O. The summed E-state index contributed by atoms with van der Waals surface area (Å²) < 4.78 is 13.5. The third-order valence-corrected chi connectivity index (χ3v) is 4.29. The number of hydrogen-bond donors (Lipinski definition) is 1. The third-order valence-electron chi connectivity index (χ3n) is 4.29. The summed E-state index contributed by atoms with van der Waals surface area (Å²) in [6.45, 7) is 0. The number of halogens is 1. The molecule has 0 bridgehead atoms. The minimum absolute atomic E-state index is 0.171. The van der Waals surface area contributed by atoms with E-state index < -0.39 is 0 Å². The topological polar surface area (TPSA) is 35.8 Å².